The molecule has 2 aromatic heterocycles. The van der Waals surface area contributed by atoms with E-state index in [2.05, 4.69) is 24.0 Å². The lowest BCUT2D eigenvalue weighted by atomic mass is 10.0. The van der Waals surface area contributed by atoms with E-state index in [9.17, 15) is 0 Å². The quantitative estimate of drug-likeness (QED) is 0.799. The number of aromatic nitrogens is 3. The minimum Gasteiger partial charge on any atom is -0.324 e. The van der Waals surface area contributed by atoms with E-state index in [0.717, 1.165) is 29.9 Å². The van der Waals surface area contributed by atoms with Crippen molar-refractivity contribution in [3.05, 3.63) is 59.5 Å². The summed E-state index contributed by atoms with van der Waals surface area (Å²) in [5, 5.41) is 5.91. The molecule has 0 aliphatic carbocycles. The molecule has 2 heterocycles. The van der Waals surface area contributed by atoms with Crippen molar-refractivity contribution in [3.8, 4) is 0 Å². The van der Waals surface area contributed by atoms with Crippen LogP contribution in [-0.4, -0.2) is 14.8 Å². The Labute approximate surface area is 124 Å². The minimum absolute atomic E-state index is 0.0812. The van der Waals surface area contributed by atoms with Gasteiger partial charge in [-0.2, -0.15) is 5.10 Å². The number of nitrogens with two attached hydrogens (primary N) is 1. The molecular formula is C17H20N4. The van der Waals surface area contributed by atoms with Crippen LogP contribution in [0.25, 0.3) is 10.9 Å². The van der Waals surface area contributed by atoms with Gasteiger partial charge in [0.15, 0.2) is 0 Å². The molecule has 0 saturated heterocycles. The van der Waals surface area contributed by atoms with Gasteiger partial charge in [0, 0.05) is 36.3 Å². The molecule has 1 unspecified atom stereocenters. The lowest BCUT2D eigenvalue weighted by molar-refractivity contribution is 0.639. The second kappa shape index (κ2) is 5.66. The maximum atomic E-state index is 6.38. The topological polar surface area (TPSA) is 56.7 Å². The summed E-state index contributed by atoms with van der Waals surface area (Å²) in [4.78, 5) is 4.32. The second-order valence-corrected chi connectivity index (χ2v) is 5.27. The number of fused-ring (bicyclic) bond motifs is 1. The highest BCUT2D eigenvalue weighted by Gasteiger charge is 2.15. The molecule has 0 aliphatic heterocycles. The molecule has 3 aromatic rings. The summed E-state index contributed by atoms with van der Waals surface area (Å²) in [7, 11) is 0. The second-order valence-electron chi connectivity index (χ2n) is 5.27. The Morgan fingerprint density at radius 3 is 2.76 bits per heavy atom. The fourth-order valence-corrected chi connectivity index (χ4v) is 2.79. The van der Waals surface area contributed by atoms with Crippen LogP contribution in [0.15, 0.2) is 42.6 Å². The molecule has 4 nitrogen and oxygen atoms in total. The van der Waals surface area contributed by atoms with Crippen molar-refractivity contribution in [3.63, 3.8) is 0 Å². The van der Waals surface area contributed by atoms with Crippen LogP contribution in [0.2, 0.25) is 0 Å². The standard InChI is InChI=1S/C17H20N4/c1-3-21-17-9-5-4-7-14(17)16(20-21)11-15(18)13-8-6-10-19-12(13)2/h4-10,15H,3,11,18H2,1-2H3. The molecule has 0 saturated carbocycles. The van der Waals surface area contributed by atoms with E-state index in [1.807, 2.05) is 35.9 Å². The van der Waals surface area contributed by atoms with Gasteiger partial charge in [0.1, 0.15) is 0 Å². The van der Waals surface area contributed by atoms with Gasteiger partial charge in [-0.25, -0.2) is 0 Å². The van der Waals surface area contributed by atoms with Gasteiger partial charge in [0.2, 0.25) is 0 Å². The molecule has 4 heteroatoms. The molecule has 0 radical (unpaired) electrons. The first-order valence-electron chi connectivity index (χ1n) is 7.32. The first-order valence-corrected chi connectivity index (χ1v) is 7.32. The molecule has 1 atom stereocenters. The van der Waals surface area contributed by atoms with Crippen LogP contribution < -0.4 is 5.73 Å². The van der Waals surface area contributed by atoms with Crippen LogP contribution in [0.1, 0.15) is 29.9 Å². The Kier molecular flexibility index (Phi) is 3.71. The van der Waals surface area contributed by atoms with E-state index < -0.39 is 0 Å². The summed E-state index contributed by atoms with van der Waals surface area (Å²) in [5.41, 5.74) is 10.7. The van der Waals surface area contributed by atoms with Crippen molar-refractivity contribution in [2.45, 2.75) is 32.9 Å². The molecule has 108 valence electrons. The smallest absolute Gasteiger partial charge is 0.0722 e. The van der Waals surface area contributed by atoms with E-state index >= 15 is 0 Å². The molecule has 0 fully saturated rings. The van der Waals surface area contributed by atoms with Crippen LogP contribution >= 0.6 is 0 Å². The molecule has 21 heavy (non-hydrogen) atoms. The normalized spacial score (nSPS) is 12.7. The van der Waals surface area contributed by atoms with E-state index in [-0.39, 0.29) is 6.04 Å². The van der Waals surface area contributed by atoms with Crippen molar-refractivity contribution in [2.24, 2.45) is 5.73 Å². The summed E-state index contributed by atoms with van der Waals surface area (Å²) in [6, 6.07) is 12.2. The molecule has 0 spiro atoms. The predicted molar refractivity (Wildman–Crippen MR) is 85.0 cm³/mol. The van der Waals surface area contributed by atoms with Gasteiger partial charge in [-0.05, 0) is 31.5 Å². The minimum atomic E-state index is -0.0812. The SMILES string of the molecule is CCn1nc(CC(N)c2cccnc2C)c2ccccc21. The third-order valence-electron chi connectivity index (χ3n) is 3.89. The Morgan fingerprint density at radius 1 is 1.19 bits per heavy atom. The lowest BCUT2D eigenvalue weighted by Crippen LogP contribution is -2.15. The molecular weight excluding hydrogens is 260 g/mol. The van der Waals surface area contributed by atoms with E-state index in [4.69, 9.17) is 10.8 Å². The van der Waals surface area contributed by atoms with Gasteiger partial charge in [-0.3, -0.25) is 9.67 Å². The number of rotatable bonds is 4. The Balaban J connectivity index is 1.97. The Bertz CT molecular complexity index is 760. The average Bonchev–Trinajstić information content (AvgIpc) is 2.86. The maximum Gasteiger partial charge on any atom is 0.0722 e. The van der Waals surface area contributed by atoms with E-state index in [1.165, 1.54) is 10.9 Å². The van der Waals surface area contributed by atoms with Gasteiger partial charge in [0.25, 0.3) is 0 Å². The summed E-state index contributed by atoms with van der Waals surface area (Å²) in [5.74, 6) is 0. The number of hydrogen-bond acceptors (Lipinski definition) is 3. The highest BCUT2D eigenvalue weighted by Crippen LogP contribution is 2.24. The number of para-hydroxylation sites is 1. The third-order valence-corrected chi connectivity index (χ3v) is 3.89. The first kappa shape index (κ1) is 13.8. The molecule has 1 aromatic carbocycles. The van der Waals surface area contributed by atoms with Crippen LogP contribution in [-0.2, 0) is 13.0 Å². The fourth-order valence-electron chi connectivity index (χ4n) is 2.79. The Morgan fingerprint density at radius 2 is 2.00 bits per heavy atom. The Hall–Kier alpha value is -2.20. The van der Waals surface area contributed by atoms with Gasteiger partial charge in [-0.1, -0.05) is 24.3 Å². The van der Waals surface area contributed by atoms with E-state index in [1.54, 1.807) is 6.20 Å². The zero-order valence-corrected chi connectivity index (χ0v) is 12.5. The summed E-state index contributed by atoms with van der Waals surface area (Å²) in [6.45, 7) is 4.97. The van der Waals surface area contributed by atoms with Crippen molar-refractivity contribution >= 4 is 10.9 Å². The predicted octanol–water partition coefficient (Wildman–Crippen LogP) is 3.00. The van der Waals surface area contributed by atoms with E-state index in [0.29, 0.717) is 0 Å². The summed E-state index contributed by atoms with van der Waals surface area (Å²) in [6.07, 6.45) is 2.52. The van der Waals surface area contributed by atoms with Crippen molar-refractivity contribution in [2.75, 3.05) is 0 Å². The number of aryl methyl sites for hydroxylation is 2. The van der Waals surface area contributed by atoms with Crippen LogP contribution in [0, 0.1) is 6.92 Å². The monoisotopic (exact) mass is 280 g/mol. The number of hydrogen-bond donors (Lipinski definition) is 1. The zero-order chi connectivity index (χ0) is 14.8. The largest absolute Gasteiger partial charge is 0.324 e. The maximum absolute atomic E-state index is 6.38. The third kappa shape index (κ3) is 2.54. The molecule has 0 amide bonds. The van der Waals surface area contributed by atoms with Crippen LogP contribution in [0.5, 0.6) is 0 Å². The highest BCUT2D eigenvalue weighted by molar-refractivity contribution is 5.82. The molecule has 2 N–H and O–H groups in total. The van der Waals surface area contributed by atoms with Gasteiger partial charge in [0.05, 0.1) is 11.2 Å². The molecule has 3 rings (SSSR count). The average molecular weight is 280 g/mol. The number of nitrogens with zero attached hydrogens (tertiary/aromatic N) is 3. The van der Waals surface area contributed by atoms with Crippen molar-refractivity contribution in [1.29, 1.82) is 0 Å². The van der Waals surface area contributed by atoms with Crippen molar-refractivity contribution < 1.29 is 0 Å². The summed E-state index contributed by atoms with van der Waals surface area (Å²) < 4.78 is 2.04. The lowest BCUT2D eigenvalue weighted by Gasteiger charge is -2.12. The molecule has 0 aliphatic rings. The number of pyridine rings is 1. The highest BCUT2D eigenvalue weighted by atomic mass is 15.3. The first-order chi connectivity index (χ1) is 10.2. The summed E-state index contributed by atoms with van der Waals surface area (Å²) >= 11 is 0. The van der Waals surface area contributed by atoms with Crippen LogP contribution in [0.3, 0.4) is 0 Å². The van der Waals surface area contributed by atoms with Gasteiger partial charge >= 0.3 is 0 Å². The van der Waals surface area contributed by atoms with Gasteiger partial charge < -0.3 is 5.73 Å². The zero-order valence-electron chi connectivity index (χ0n) is 12.5. The molecule has 0 bridgehead atoms. The van der Waals surface area contributed by atoms with Crippen molar-refractivity contribution in [1.82, 2.24) is 14.8 Å². The van der Waals surface area contributed by atoms with Crippen LogP contribution in [0.4, 0.5) is 0 Å². The fraction of sp³-hybridized carbons (Fsp3) is 0.294. The number of benzene rings is 1. The van der Waals surface area contributed by atoms with Gasteiger partial charge in [-0.15, -0.1) is 0 Å².